The number of aryl methyl sites for hydroxylation is 1. The second-order valence-corrected chi connectivity index (χ2v) is 5.18. The van der Waals surface area contributed by atoms with E-state index in [0.717, 1.165) is 20.1 Å². The van der Waals surface area contributed by atoms with E-state index in [2.05, 4.69) is 26.7 Å². The Hall–Kier alpha value is -0.870. The molecule has 1 heterocycles. The van der Waals surface area contributed by atoms with Crippen LogP contribution in [-0.4, -0.2) is 13.1 Å². The molecule has 0 unspecified atom stereocenters. The fourth-order valence-electron chi connectivity index (χ4n) is 1.38. The number of esters is 1. The lowest BCUT2D eigenvalue weighted by atomic mass is 10.2. The molecule has 2 rings (SSSR count). The molecule has 0 saturated heterocycles. The molecule has 0 aliphatic rings. The molecule has 2 nitrogen and oxygen atoms in total. The molecule has 0 spiro atoms. The summed E-state index contributed by atoms with van der Waals surface area (Å²) in [4.78, 5) is 12.0. The van der Waals surface area contributed by atoms with E-state index in [9.17, 15) is 4.79 Å². The Kier molecular flexibility index (Phi) is 2.80. The van der Waals surface area contributed by atoms with E-state index < -0.39 is 0 Å². The first-order valence-corrected chi connectivity index (χ1v) is 6.01. The van der Waals surface area contributed by atoms with Crippen molar-refractivity contribution in [3.63, 3.8) is 0 Å². The third kappa shape index (κ3) is 1.92. The molecule has 0 bridgehead atoms. The highest BCUT2D eigenvalue weighted by molar-refractivity contribution is 9.10. The highest BCUT2D eigenvalue weighted by Gasteiger charge is 2.10. The Morgan fingerprint density at radius 3 is 2.80 bits per heavy atom. The predicted octanol–water partition coefficient (Wildman–Crippen LogP) is 3.76. The van der Waals surface area contributed by atoms with Crippen LogP contribution >= 0.6 is 27.3 Å². The summed E-state index contributed by atoms with van der Waals surface area (Å²) in [6.45, 7) is 2.03. The van der Waals surface area contributed by atoms with Crippen LogP contribution in [0.1, 0.15) is 15.2 Å². The van der Waals surface area contributed by atoms with Crippen molar-refractivity contribution in [2.45, 2.75) is 6.92 Å². The Balaban J connectivity index is 2.61. The van der Waals surface area contributed by atoms with Gasteiger partial charge in [-0.1, -0.05) is 15.9 Å². The lowest BCUT2D eigenvalue weighted by Gasteiger charge is -1.96. The number of ether oxygens (including phenoxy) is 1. The molecule has 0 fully saturated rings. The highest BCUT2D eigenvalue weighted by Crippen LogP contribution is 2.30. The SMILES string of the molecule is COC(=O)c1cc2cc(C)c(Br)cc2s1. The highest BCUT2D eigenvalue weighted by atomic mass is 79.9. The van der Waals surface area contributed by atoms with Crippen LogP contribution in [-0.2, 0) is 4.74 Å². The van der Waals surface area contributed by atoms with Crippen LogP contribution < -0.4 is 0 Å². The van der Waals surface area contributed by atoms with Crippen molar-refractivity contribution in [3.05, 3.63) is 33.1 Å². The van der Waals surface area contributed by atoms with E-state index in [1.165, 1.54) is 18.4 Å². The number of rotatable bonds is 1. The number of benzene rings is 1. The number of hydrogen-bond donors (Lipinski definition) is 0. The third-order valence-electron chi connectivity index (χ3n) is 2.18. The summed E-state index contributed by atoms with van der Waals surface area (Å²) in [7, 11) is 1.40. The maximum Gasteiger partial charge on any atom is 0.348 e. The zero-order chi connectivity index (χ0) is 11.0. The molecule has 0 saturated carbocycles. The molecule has 1 aromatic carbocycles. The van der Waals surface area contributed by atoms with Gasteiger partial charge in [0.25, 0.3) is 0 Å². The molecule has 4 heteroatoms. The van der Waals surface area contributed by atoms with E-state index in [1.54, 1.807) is 0 Å². The van der Waals surface area contributed by atoms with Crippen molar-refractivity contribution < 1.29 is 9.53 Å². The van der Waals surface area contributed by atoms with Crippen molar-refractivity contribution in [1.82, 2.24) is 0 Å². The van der Waals surface area contributed by atoms with Gasteiger partial charge in [-0.15, -0.1) is 11.3 Å². The number of carbonyl (C=O) groups is 1. The quantitative estimate of drug-likeness (QED) is 0.746. The Bertz CT molecular complexity index is 492. The van der Waals surface area contributed by atoms with E-state index in [0.29, 0.717) is 4.88 Å². The fourth-order valence-corrected chi connectivity index (χ4v) is 2.87. The molecule has 0 aliphatic heterocycles. The number of methoxy groups -OCH3 is 1. The molecule has 0 amide bonds. The number of fused-ring (bicyclic) bond motifs is 1. The van der Waals surface area contributed by atoms with Crippen molar-refractivity contribution in [3.8, 4) is 0 Å². The van der Waals surface area contributed by atoms with Gasteiger partial charge in [-0.2, -0.15) is 0 Å². The van der Waals surface area contributed by atoms with E-state index in [-0.39, 0.29) is 5.97 Å². The molecule has 0 aliphatic carbocycles. The molecule has 78 valence electrons. The first kappa shape index (κ1) is 10.6. The monoisotopic (exact) mass is 284 g/mol. The summed E-state index contributed by atoms with van der Waals surface area (Å²) >= 11 is 4.92. The molecule has 1 aromatic heterocycles. The van der Waals surface area contributed by atoms with Crippen LogP contribution in [0.3, 0.4) is 0 Å². The largest absolute Gasteiger partial charge is 0.465 e. The Labute approximate surface area is 100.0 Å². The predicted molar refractivity (Wildman–Crippen MR) is 65.6 cm³/mol. The van der Waals surface area contributed by atoms with Crippen LogP contribution in [0.4, 0.5) is 0 Å². The van der Waals surface area contributed by atoms with Gasteiger partial charge in [-0.25, -0.2) is 4.79 Å². The smallest absolute Gasteiger partial charge is 0.348 e. The topological polar surface area (TPSA) is 26.3 Å². The summed E-state index contributed by atoms with van der Waals surface area (Å²) in [5, 5.41) is 1.08. The Morgan fingerprint density at radius 2 is 2.13 bits per heavy atom. The molecule has 2 aromatic rings. The van der Waals surface area contributed by atoms with Crippen LogP contribution in [0.25, 0.3) is 10.1 Å². The van der Waals surface area contributed by atoms with Crippen molar-refractivity contribution >= 4 is 43.3 Å². The maximum absolute atomic E-state index is 11.3. The summed E-state index contributed by atoms with van der Waals surface area (Å²) in [6.07, 6.45) is 0. The first-order valence-electron chi connectivity index (χ1n) is 4.40. The molecule has 0 atom stereocenters. The zero-order valence-electron chi connectivity index (χ0n) is 8.33. The Morgan fingerprint density at radius 1 is 1.40 bits per heavy atom. The fraction of sp³-hybridized carbons (Fsp3) is 0.182. The maximum atomic E-state index is 11.3. The third-order valence-corrected chi connectivity index (χ3v) is 4.12. The summed E-state index contributed by atoms with van der Waals surface area (Å²) in [5.74, 6) is -0.273. The van der Waals surface area contributed by atoms with Gasteiger partial charge in [-0.3, -0.25) is 0 Å². The van der Waals surface area contributed by atoms with Gasteiger partial charge in [0.05, 0.1) is 7.11 Å². The van der Waals surface area contributed by atoms with Crippen LogP contribution in [0, 0.1) is 6.92 Å². The van der Waals surface area contributed by atoms with Crippen LogP contribution in [0.5, 0.6) is 0 Å². The number of halogens is 1. The molecule has 15 heavy (non-hydrogen) atoms. The van der Waals surface area contributed by atoms with Gasteiger partial charge in [0.2, 0.25) is 0 Å². The molecular weight excluding hydrogens is 276 g/mol. The number of carbonyl (C=O) groups excluding carboxylic acids is 1. The molecule has 0 radical (unpaired) electrons. The lowest BCUT2D eigenvalue weighted by Crippen LogP contribution is -1.96. The second-order valence-electron chi connectivity index (χ2n) is 3.24. The van der Waals surface area contributed by atoms with Crippen molar-refractivity contribution in [1.29, 1.82) is 0 Å². The van der Waals surface area contributed by atoms with Crippen molar-refractivity contribution in [2.24, 2.45) is 0 Å². The summed E-state index contributed by atoms with van der Waals surface area (Å²) in [6, 6.07) is 5.95. The van der Waals surface area contributed by atoms with Crippen LogP contribution in [0.2, 0.25) is 0 Å². The van der Waals surface area contributed by atoms with Gasteiger partial charge in [0.15, 0.2) is 0 Å². The van der Waals surface area contributed by atoms with E-state index in [1.807, 2.05) is 19.1 Å². The normalized spacial score (nSPS) is 10.6. The standard InChI is InChI=1S/C11H9BrO2S/c1-6-3-7-4-10(11(13)14-2)15-9(7)5-8(6)12/h3-5H,1-2H3. The average molecular weight is 285 g/mol. The zero-order valence-corrected chi connectivity index (χ0v) is 10.7. The summed E-state index contributed by atoms with van der Waals surface area (Å²) in [5.41, 5.74) is 1.16. The van der Waals surface area contributed by atoms with Crippen LogP contribution in [0.15, 0.2) is 22.7 Å². The van der Waals surface area contributed by atoms with Gasteiger partial charge < -0.3 is 4.74 Å². The number of thiophene rings is 1. The number of hydrogen-bond acceptors (Lipinski definition) is 3. The van der Waals surface area contributed by atoms with Gasteiger partial charge in [0, 0.05) is 9.17 Å². The molecule has 0 N–H and O–H groups in total. The second kappa shape index (κ2) is 3.94. The van der Waals surface area contributed by atoms with Gasteiger partial charge in [0.1, 0.15) is 4.88 Å². The average Bonchev–Trinajstić information content (AvgIpc) is 2.60. The molecular formula is C11H9BrO2S. The lowest BCUT2D eigenvalue weighted by molar-refractivity contribution is 0.0606. The minimum atomic E-state index is -0.273. The van der Waals surface area contributed by atoms with E-state index >= 15 is 0 Å². The minimum absolute atomic E-state index is 0.273. The van der Waals surface area contributed by atoms with Gasteiger partial charge in [-0.05, 0) is 36.1 Å². The summed E-state index contributed by atoms with van der Waals surface area (Å²) < 4.78 is 6.84. The first-order chi connectivity index (χ1) is 7.11. The van der Waals surface area contributed by atoms with E-state index in [4.69, 9.17) is 0 Å². The van der Waals surface area contributed by atoms with Crippen molar-refractivity contribution in [2.75, 3.05) is 7.11 Å². The van der Waals surface area contributed by atoms with Gasteiger partial charge >= 0.3 is 5.97 Å². The minimum Gasteiger partial charge on any atom is -0.465 e.